The van der Waals surface area contributed by atoms with Gasteiger partial charge < -0.3 is 14.8 Å². The first-order valence-corrected chi connectivity index (χ1v) is 4.97. The Bertz CT molecular complexity index is 343. The first-order valence-electron chi connectivity index (χ1n) is 4.97. The first-order chi connectivity index (χ1) is 7.33. The van der Waals surface area contributed by atoms with E-state index in [0.29, 0.717) is 13.2 Å². The maximum atomic E-state index is 13.4. The summed E-state index contributed by atoms with van der Waals surface area (Å²) in [6.45, 7) is 2.18. The van der Waals surface area contributed by atoms with Gasteiger partial charge in [0.2, 0.25) is 0 Å². The number of morpholine rings is 1. The summed E-state index contributed by atoms with van der Waals surface area (Å²) in [6.07, 6.45) is -0.121. The summed E-state index contributed by atoms with van der Waals surface area (Å²) in [4.78, 5) is 0. The van der Waals surface area contributed by atoms with Crippen molar-refractivity contribution in [1.29, 1.82) is 0 Å². The van der Waals surface area contributed by atoms with Crippen molar-refractivity contribution in [2.45, 2.75) is 6.10 Å². The summed E-state index contributed by atoms with van der Waals surface area (Å²) in [6, 6.07) is 4.89. The average molecular weight is 292 g/mol. The lowest BCUT2D eigenvalue weighted by atomic mass is 10.1. The highest BCUT2D eigenvalue weighted by Crippen LogP contribution is 2.30. The minimum Gasteiger partial charge on any atom is -0.493 e. The number of methoxy groups -OCH3 is 1. The van der Waals surface area contributed by atoms with E-state index in [0.717, 1.165) is 12.1 Å². The van der Waals surface area contributed by atoms with Gasteiger partial charge in [-0.1, -0.05) is 12.1 Å². The second kappa shape index (κ2) is 6.18. The van der Waals surface area contributed by atoms with Crippen molar-refractivity contribution in [1.82, 2.24) is 5.32 Å². The molecule has 16 heavy (non-hydrogen) atoms. The number of benzene rings is 1. The molecule has 0 saturated carbocycles. The van der Waals surface area contributed by atoms with Crippen LogP contribution in [-0.2, 0) is 4.74 Å². The number of rotatable bonds is 2. The molecule has 0 radical (unpaired) electrons. The molecule has 0 amide bonds. The van der Waals surface area contributed by atoms with E-state index in [1.165, 1.54) is 13.2 Å². The summed E-state index contributed by atoms with van der Waals surface area (Å²) in [7, 11) is 1.47. The molecule has 90 valence electrons. The Morgan fingerprint density at radius 2 is 2.31 bits per heavy atom. The fraction of sp³-hybridized carbons (Fsp3) is 0.455. The van der Waals surface area contributed by atoms with Crippen LogP contribution in [0.25, 0.3) is 0 Å². The monoisotopic (exact) mass is 291 g/mol. The number of ether oxygens (including phenoxy) is 2. The molecule has 1 unspecified atom stereocenters. The van der Waals surface area contributed by atoms with E-state index in [4.69, 9.17) is 9.47 Å². The van der Waals surface area contributed by atoms with Gasteiger partial charge in [-0.2, -0.15) is 0 Å². The van der Waals surface area contributed by atoms with E-state index in [-0.39, 0.29) is 34.7 Å². The molecule has 1 saturated heterocycles. The quantitative estimate of drug-likeness (QED) is 0.905. The summed E-state index contributed by atoms with van der Waals surface area (Å²) < 4.78 is 24.0. The van der Waals surface area contributed by atoms with E-state index in [9.17, 15) is 4.39 Å². The first kappa shape index (κ1) is 13.4. The fourth-order valence-corrected chi connectivity index (χ4v) is 1.76. The molecule has 0 aliphatic carbocycles. The number of nitrogens with one attached hydrogen (secondary N) is 1. The molecular formula is C11H15BrFNO2. The highest BCUT2D eigenvalue weighted by atomic mass is 79.9. The van der Waals surface area contributed by atoms with Crippen molar-refractivity contribution in [2.24, 2.45) is 0 Å². The lowest BCUT2D eigenvalue weighted by molar-refractivity contribution is 0.0259. The third-order valence-electron chi connectivity index (χ3n) is 2.48. The van der Waals surface area contributed by atoms with Crippen molar-refractivity contribution in [2.75, 3.05) is 26.8 Å². The molecule has 0 bridgehead atoms. The molecule has 1 aromatic rings. The number of halogens is 2. The zero-order valence-corrected chi connectivity index (χ0v) is 10.7. The van der Waals surface area contributed by atoms with Gasteiger partial charge in [-0.3, -0.25) is 0 Å². The predicted octanol–water partition coefficient (Wildman–Crippen LogP) is 2.07. The van der Waals surface area contributed by atoms with Gasteiger partial charge in [0, 0.05) is 18.7 Å². The summed E-state index contributed by atoms with van der Waals surface area (Å²) in [5.41, 5.74) is 0.768. The van der Waals surface area contributed by atoms with E-state index in [1.807, 2.05) is 6.07 Å². The summed E-state index contributed by atoms with van der Waals surface area (Å²) in [5.74, 6) is -0.0598. The van der Waals surface area contributed by atoms with Crippen molar-refractivity contribution >= 4 is 17.0 Å². The van der Waals surface area contributed by atoms with Crippen LogP contribution in [-0.4, -0.2) is 26.8 Å². The Labute approximate surface area is 105 Å². The fourth-order valence-electron chi connectivity index (χ4n) is 1.76. The van der Waals surface area contributed by atoms with Crippen molar-refractivity contribution < 1.29 is 13.9 Å². The third-order valence-corrected chi connectivity index (χ3v) is 2.48. The van der Waals surface area contributed by atoms with E-state index in [1.54, 1.807) is 6.07 Å². The number of para-hydroxylation sites is 1. The highest BCUT2D eigenvalue weighted by molar-refractivity contribution is 8.93. The molecular weight excluding hydrogens is 277 g/mol. The maximum Gasteiger partial charge on any atom is 0.165 e. The van der Waals surface area contributed by atoms with Gasteiger partial charge in [0.05, 0.1) is 19.8 Å². The molecule has 1 N–H and O–H groups in total. The Morgan fingerprint density at radius 1 is 1.50 bits per heavy atom. The lowest BCUT2D eigenvalue weighted by Gasteiger charge is -2.25. The Kier molecular flexibility index (Phi) is 5.18. The minimum absolute atomic E-state index is 0. The van der Waals surface area contributed by atoms with Crippen LogP contribution in [0.1, 0.15) is 11.7 Å². The lowest BCUT2D eigenvalue weighted by Crippen LogP contribution is -2.33. The summed E-state index contributed by atoms with van der Waals surface area (Å²) in [5, 5.41) is 3.20. The predicted molar refractivity (Wildman–Crippen MR) is 64.8 cm³/mol. The Morgan fingerprint density at radius 3 is 2.94 bits per heavy atom. The van der Waals surface area contributed by atoms with Crippen LogP contribution >= 0.6 is 17.0 Å². The standard InChI is InChI=1S/C11H14FNO2.BrH/c1-14-11-8(3-2-4-9(11)12)10-7-13-5-6-15-10;/h2-4,10,13H,5-7H2,1H3;1H. The van der Waals surface area contributed by atoms with Gasteiger partial charge in [0.15, 0.2) is 11.6 Å². The molecule has 5 heteroatoms. The van der Waals surface area contributed by atoms with Crippen LogP contribution in [0.4, 0.5) is 4.39 Å². The minimum atomic E-state index is -0.343. The highest BCUT2D eigenvalue weighted by Gasteiger charge is 2.21. The third kappa shape index (κ3) is 2.72. The van der Waals surface area contributed by atoms with Gasteiger partial charge in [0.1, 0.15) is 0 Å². The molecule has 1 atom stereocenters. The molecule has 1 aromatic carbocycles. The second-order valence-corrected chi connectivity index (χ2v) is 3.43. The van der Waals surface area contributed by atoms with Gasteiger partial charge in [-0.05, 0) is 6.07 Å². The zero-order chi connectivity index (χ0) is 10.7. The molecule has 1 aliphatic rings. The van der Waals surface area contributed by atoms with Gasteiger partial charge >= 0.3 is 0 Å². The van der Waals surface area contributed by atoms with Crippen molar-refractivity contribution in [3.8, 4) is 5.75 Å². The average Bonchev–Trinajstić information content (AvgIpc) is 2.30. The van der Waals surface area contributed by atoms with E-state index < -0.39 is 0 Å². The topological polar surface area (TPSA) is 30.5 Å². The largest absolute Gasteiger partial charge is 0.493 e. The van der Waals surface area contributed by atoms with Crippen LogP contribution in [0.5, 0.6) is 5.75 Å². The molecule has 3 nitrogen and oxygen atoms in total. The molecule has 0 spiro atoms. The van der Waals surface area contributed by atoms with Crippen LogP contribution in [0, 0.1) is 5.82 Å². The van der Waals surface area contributed by atoms with Gasteiger partial charge in [-0.25, -0.2) is 4.39 Å². The zero-order valence-electron chi connectivity index (χ0n) is 9.03. The molecule has 1 fully saturated rings. The molecule has 1 heterocycles. The van der Waals surface area contributed by atoms with Gasteiger partial charge in [0.25, 0.3) is 0 Å². The van der Waals surface area contributed by atoms with Crippen LogP contribution in [0.2, 0.25) is 0 Å². The Hall–Kier alpha value is -0.650. The SMILES string of the molecule is Br.COc1c(F)cccc1C1CNCCO1. The Balaban J connectivity index is 0.00000128. The summed E-state index contributed by atoms with van der Waals surface area (Å²) >= 11 is 0. The molecule has 0 aromatic heterocycles. The van der Waals surface area contributed by atoms with Crippen LogP contribution < -0.4 is 10.1 Å². The molecule has 2 rings (SSSR count). The van der Waals surface area contributed by atoms with E-state index >= 15 is 0 Å². The van der Waals surface area contributed by atoms with Crippen molar-refractivity contribution in [3.63, 3.8) is 0 Å². The second-order valence-electron chi connectivity index (χ2n) is 3.43. The van der Waals surface area contributed by atoms with Crippen molar-refractivity contribution in [3.05, 3.63) is 29.6 Å². The van der Waals surface area contributed by atoms with Crippen LogP contribution in [0.3, 0.4) is 0 Å². The normalized spacial score (nSPS) is 20.0. The van der Waals surface area contributed by atoms with Gasteiger partial charge in [-0.15, -0.1) is 17.0 Å². The molecule has 1 aliphatic heterocycles. The smallest absolute Gasteiger partial charge is 0.165 e. The maximum absolute atomic E-state index is 13.4. The van der Waals surface area contributed by atoms with E-state index in [2.05, 4.69) is 5.32 Å². The van der Waals surface area contributed by atoms with Crippen LogP contribution in [0.15, 0.2) is 18.2 Å². The number of hydrogen-bond acceptors (Lipinski definition) is 3. The number of hydrogen-bond donors (Lipinski definition) is 1.